The van der Waals surface area contributed by atoms with Gasteiger partial charge in [-0.1, -0.05) is 0 Å². The molecule has 0 radical (unpaired) electrons. The maximum absolute atomic E-state index is 9.32. The number of benzene rings is 1. The quantitative estimate of drug-likeness (QED) is 0.807. The number of hydrogen-bond acceptors (Lipinski definition) is 5. The van der Waals surface area contributed by atoms with Crippen LogP contribution in [0.5, 0.6) is 11.5 Å². The van der Waals surface area contributed by atoms with E-state index in [9.17, 15) is 5.26 Å². The van der Waals surface area contributed by atoms with Gasteiger partial charge in [0, 0.05) is 16.6 Å². The summed E-state index contributed by atoms with van der Waals surface area (Å²) in [6.07, 6.45) is 1.76. The van der Waals surface area contributed by atoms with E-state index in [4.69, 9.17) is 9.47 Å². The van der Waals surface area contributed by atoms with Crippen LogP contribution >= 0.6 is 11.3 Å². The average Bonchev–Trinajstić information content (AvgIpc) is 2.90. The van der Waals surface area contributed by atoms with Crippen LogP contribution in [0, 0.1) is 18.3 Å². The van der Waals surface area contributed by atoms with Gasteiger partial charge in [0.15, 0.2) is 0 Å². The number of nitrogens with zero attached hydrogens (tertiary/aromatic N) is 2. The second-order valence-corrected chi connectivity index (χ2v) is 4.93. The first-order chi connectivity index (χ1) is 9.67. The van der Waals surface area contributed by atoms with Crippen LogP contribution in [0.25, 0.3) is 11.6 Å². The smallest absolute Gasteiger partial charge is 0.134 e. The van der Waals surface area contributed by atoms with Gasteiger partial charge in [-0.25, -0.2) is 4.98 Å². The molecule has 2 rings (SSSR count). The van der Waals surface area contributed by atoms with E-state index in [1.54, 1.807) is 20.3 Å². The molecule has 0 amide bonds. The molecule has 4 nitrogen and oxygen atoms in total. The molecule has 0 spiro atoms. The van der Waals surface area contributed by atoms with Crippen molar-refractivity contribution in [2.45, 2.75) is 6.92 Å². The Kier molecular flexibility index (Phi) is 4.38. The minimum absolute atomic E-state index is 0.509. The number of aromatic nitrogens is 1. The van der Waals surface area contributed by atoms with Crippen molar-refractivity contribution in [3.05, 3.63) is 39.8 Å². The summed E-state index contributed by atoms with van der Waals surface area (Å²) in [6.45, 7) is 1.90. The summed E-state index contributed by atoms with van der Waals surface area (Å²) in [6, 6.07) is 7.64. The molecule has 1 aromatic carbocycles. The minimum Gasteiger partial charge on any atom is -0.497 e. The number of methoxy groups -OCH3 is 2. The number of thiazole rings is 1. The lowest BCUT2D eigenvalue weighted by molar-refractivity contribution is 0.402. The maximum Gasteiger partial charge on any atom is 0.134 e. The van der Waals surface area contributed by atoms with Crippen molar-refractivity contribution in [2.24, 2.45) is 0 Å². The fraction of sp³-hybridized carbons (Fsp3) is 0.200. The SMILES string of the molecule is COc1ccc(OC)c(/C=C(/C#N)c2nc(C)cs2)c1. The van der Waals surface area contributed by atoms with Gasteiger partial charge in [0.25, 0.3) is 0 Å². The number of aryl methyl sites for hydroxylation is 1. The van der Waals surface area contributed by atoms with E-state index in [1.807, 2.05) is 30.5 Å². The first kappa shape index (κ1) is 14.1. The summed E-state index contributed by atoms with van der Waals surface area (Å²) in [4.78, 5) is 4.33. The molecule has 1 heterocycles. The Labute approximate surface area is 121 Å². The lowest BCUT2D eigenvalue weighted by Gasteiger charge is -2.07. The first-order valence-electron chi connectivity index (χ1n) is 5.94. The van der Waals surface area contributed by atoms with Crippen LogP contribution in [-0.4, -0.2) is 19.2 Å². The van der Waals surface area contributed by atoms with E-state index in [0.717, 1.165) is 11.3 Å². The van der Waals surface area contributed by atoms with Crippen LogP contribution in [0.15, 0.2) is 23.6 Å². The predicted molar refractivity (Wildman–Crippen MR) is 79.9 cm³/mol. The van der Waals surface area contributed by atoms with Crippen LogP contribution in [0.1, 0.15) is 16.3 Å². The van der Waals surface area contributed by atoms with E-state index in [-0.39, 0.29) is 0 Å². The van der Waals surface area contributed by atoms with Crippen LogP contribution in [-0.2, 0) is 0 Å². The van der Waals surface area contributed by atoms with Crippen molar-refractivity contribution in [1.82, 2.24) is 4.98 Å². The summed E-state index contributed by atoms with van der Waals surface area (Å²) >= 11 is 1.45. The molecule has 102 valence electrons. The molecule has 0 saturated heterocycles. The number of nitriles is 1. The van der Waals surface area contributed by atoms with Crippen molar-refractivity contribution in [3.8, 4) is 17.6 Å². The highest BCUT2D eigenvalue weighted by Crippen LogP contribution is 2.29. The molecule has 0 fully saturated rings. The molecule has 0 saturated carbocycles. The van der Waals surface area contributed by atoms with E-state index in [2.05, 4.69) is 11.1 Å². The molecule has 5 heteroatoms. The highest BCUT2D eigenvalue weighted by Gasteiger charge is 2.09. The highest BCUT2D eigenvalue weighted by atomic mass is 32.1. The summed E-state index contributed by atoms with van der Waals surface area (Å²) < 4.78 is 10.5. The zero-order chi connectivity index (χ0) is 14.5. The Morgan fingerprint density at radius 1 is 1.35 bits per heavy atom. The Morgan fingerprint density at radius 2 is 2.15 bits per heavy atom. The summed E-state index contributed by atoms with van der Waals surface area (Å²) in [5, 5.41) is 11.9. The molecule has 0 aliphatic rings. The normalized spacial score (nSPS) is 11.0. The van der Waals surface area contributed by atoms with E-state index in [0.29, 0.717) is 22.1 Å². The molecule has 0 aliphatic carbocycles. The standard InChI is InChI=1S/C15H14N2O2S/c1-10-9-20-15(17-10)12(8-16)6-11-7-13(18-2)4-5-14(11)19-3/h4-7,9H,1-3H3/b12-6-. The van der Waals surface area contributed by atoms with E-state index < -0.39 is 0 Å². The van der Waals surface area contributed by atoms with Gasteiger partial charge < -0.3 is 9.47 Å². The fourth-order valence-corrected chi connectivity index (χ4v) is 2.49. The van der Waals surface area contributed by atoms with Crippen LogP contribution in [0.2, 0.25) is 0 Å². The Balaban J connectivity index is 2.49. The molecule has 2 aromatic rings. The van der Waals surface area contributed by atoms with Crippen molar-refractivity contribution < 1.29 is 9.47 Å². The third-order valence-electron chi connectivity index (χ3n) is 2.71. The first-order valence-corrected chi connectivity index (χ1v) is 6.82. The molecule has 0 bridgehead atoms. The highest BCUT2D eigenvalue weighted by molar-refractivity contribution is 7.11. The fourth-order valence-electron chi connectivity index (χ4n) is 1.73. The van der Waals surface area contributed by atoms with Gasteiger partial charge in [-0.2, -0.15) is 5.26 Å². The van der Waals surface area contributed by atoms with Gasteiger partial charge in [-0.15, -0.1) is 11.3 Å². The molecular weight excluding hydrogens is 272 g/mol. The Morgan fingerprint density at radius 3 is 2.70 bits per heavy atom. The summed E-state index contributed by atoms with van der Waals surface area (Å²) in [5.41, 5.74) is 2.20. The topological polar surface area (TPSA) is 55.1 Å². The van der Waals surface area contributed by atoms with Crippen LogP contribution in [0.3, 0.4) is 0 Å². The van der Waals surface area contributed by atoms with Crippen LogP contribution in [0.4, 0.5) is 0 Å². The van der Waals surface area contributed by atoms with Crippen molar-refractivity contribution in [3.63, 3.8) is 0 Å². The largest absolute Gasteiger partial charge is 0.497 e. The zero-order valence-corrected chi connectivity index (χ0v) is 12.3. The zero-order valence-electron chi connectivity index (χ0n) is 11.5. The van der Waals surface area contributed by atoms with Gasteiger partial charge in [0.05, 0.1) is 19.8 Å². The maximum atomic E-state index is 9.32. The van der Waals surface area contributed by atoms with E-state index in [1.165, 1.54) is 11.3 Å². The Bertz CT molecular complexity index is 683. The van der Waals surface area contributed by atoms with Crippen molar-refractivity contribution in [2.75, 3.05) is 14.2 Å². The van der Waals surface area contributed by atoms with Gasteiger partial charge >= 0.3 is 0 Å². The average molecular weight is 286 g/mol. The second-order valence-electron chi connectivity index (χ2n) is 4.07. The summed E-state index contributed by atoms with van der Waals surface area (Å²) in [7, 11) is 3.20. The number of hydrogen-bond donors (Lipinski definition) is 0. The molecule has 0 atom stereocenters. The molecule has 0 aliphatic heterocycles. The molecular formula is C15H14N2O2S. The van der Waals surface area contributed by atoms with Gasteiger partial charge in [0.2, 0.25) is 0 Å². The lowest BCUT2D eigenvalue weighted by Crippen LogP contribution is -1.90. The van der Waals surface area contributed by atoms with Gasteiger partial charge in [-0.3, -0.25) is 0 Å². The van der Waals surface area contributed by atoms with Crippen molar-refractivity contribution in [1.29, 1.82) is 5.26 Å². The van der Waals surface area contributed by atoms with Crippen molar-refractivity contribution >= 4 is 23.0 Å². The molecule has 0 N–H and O–H groups in total. The third kappa shape index (κ3) is 2.98. The van der Waals surface area contributed by atoms with Gasteiger partial charge in [-0.05, 0) is 31.2 Å². The predicted octanol–water partition coefficient (Wildman–Crippen LogP) is 3.53. The lowest BCUT2D eigenvalue weighted by atomic mass is 10.1. The molecule has 20 heavy (non-hydrogen) atoms. The summed E-state index contributed by atoms with van der Waals surface area (Å²) in [5.74, 6) is 1.40. The Hall–Kier alpha value is -2.32. The number of ether oxygens (including phenoxy) is 2. The number of allylic oxidation sites excluding steroid dienone is 1. The second kappa shape index (κ2) is 6.22. The third-order valence-corrected chi connectivity index (χ3v) is 3.70. The minimum atomic E-state index is 0.509. The molecule has 0 unspecified atom stereocenters. The van der Waals surface area contributed by atoms with E-state index >= 15 is 0 Å². The van der Waals surface area contributed by atoms with Gasteiger partial charge in [0.1, 0.15) is 22.6 Å². The molecule has 1 aromatic heterocycles. The van der Waals surface area contributed by atoms with Crippen LogP contribution < -0.4 is 9.47 Å². The number of rotatable bonds is 4. The monoisotopic (exact) mass is 286 g/mol.